The molecule has 1 amide bonds. The zero-order valence-corrected chi connectivity index (χ0v) is 22.0. The molecule has 0 saturated carbocycles. The molecular weight excluding hydrogens is 739 g/mol. The van der Waals surface area contributed by atoms with E-state index in [1.165, 1.54) is 0 Å². The number of phenols is 1. The summed E-state index contributed by atoms with van der Waals surface area (Å²) in [5.74, 6) is 0.591. The molecule has 0 unspecified atom stereocenters. The Morgan fingerprint density at radius 2 is 1.75 bits per heavy atom. The van der Waals surface area contributed by atoms with Crippen LogP contribution in [-0.4, -0.2) is 11.0 Å². The fourth-order valence-corrected chi connectivity index (χ4v) is 5.47. The lowest BCUT2D eigenvalue weighted by Gasteiger charge is -2.12. The number of hydrogen-bond acceptors (Lipinski definition) is 3. The van der Waals surface area contributed by atoms with E-state index in [2.05, 4.69) is 59.8 Å². The molecule has 0 bridgehead atoms. The van der Waals surface area contributed by atoms with Gasteiger partial charge in [-0.3, -0.25) is 4.79 Å². The van der Waals surface area contributed by atoms with Gasteiger partial charge in [0.2, 0.25) is 0 Å². The quantitative estimate of drug-likeness (QED) is 0.268. The van der Waals surface area contributed by atoms with E-state index in [-0.39, 0.29) is 11.3 Å². The van der Waals surface area contributed by atoms with Crippen LogP contribution in [0.1, 0.15) is 10.4 Å². The summed E-state index contributed by atoms with van der Waals surface area (Å²) >= 11 is 17.2. The molecule has 2 N–H and O–H groups in total. The summed E-state index contributed by atoms with van der Waals surface area (Å²) in [7, 11) is 0. The average Bonchev–Trinajstić information content (AvgIpc) is 2.62. The lowest BCUT2D eigenvalue weighted by molar-refractivity contribution is 0.102. The van der Waals surface area contributed by atoms with E-state index in [4.69, 9.17) is 16.3 Å². The number of hydrogen-bond donors (Lipinski definition) is 2. The van der Waals surface area contributed by atoms with Gasteiger partial charge < -0.3 is 15.2 Å². The molecule has 0 atom stereocenters. The molecule has 144 valence electrons. The predicted octanol–water partition coefficient (Wildman–Crippen LogP) is 7.82. The van der Waals surface area contributed by atoms with Crippen molar-refractivity contribution in [2.45, 2.75) is 0 Å². The Kier molecular flexibility index (Phi) is 7.51. The van der Waals surface area contributed by atoms with Crippen LogP contribution < -0.4 is 10.1 Å². The fraction of sp³-hybridized carbons (Fsp3) is 0. The molecule has 0 aromatic heterocycles. The van der Waals surface area contributed by atoms with Crippen LogP contribution in [-0.2, 0) is 0 Å². The van der Waals surface area contributed by atoms with Crippen molar-refractivity contribution in [2.75, 3.05) is 5.32 Å². The van der Waals surface area contributed by atoms with Crippen LogP contribution in [0.2, 0.25) is 5.02 Å². The molecule has 3 aromatic carbocycles. The normalized spacial score (nSPS) is 10.6. The van der Waals surface area contributed by atoms with Crippen LogP contribution in [0.5, 0.6) is 17.2 Å². The van der Waals surface area contributed by atoms with Crippen LogP contribution in [0.3, 0.4) is 0 Å². The first kappa shape index (κ1) is 22.1. The molecule has 0 aliphatic carbocycles. The second kappa shape index (κ2) is 9.50. The van der Waals surface area contributed by atoms with Crippen molar-refractivity contribution in [2.24, 2.45) is 0 Å². The number of amides is 1. The van der Waals surface area contributed by atoms with Crippen molar-refractivity contribution in [1.82, 2.24) is 0 Å². The largest absolute Gasteiger partial charge is 0.506 e. The van der Waals surface area contributed by atoms with Crippen LogP contribution in [0.25, 0.3) is 0 Å². The predicted molar refractivity (Wildman–Crippen MR) is 135 cm³/mol. The van der Waals surface area contributed by atoms with Gasteiger partial charge in [0.1, 0.15) is 17.2 Å². The number of ether oxygens (including phenoxy) is 1. The van der Waals surface area contributed by atoms with E-state index < -0.39 is 5.91 Å². The van der Waals surface area contributed by atoms with E-state index in [1.54, 1.807) is 30.3 Å². The highest BCUT2D eigenvalue weighted by molar-refractivity contribution is 14.1. The van der Waals surface area contributed by atoms with Crippen LogP contribution in [0.4, 0.5) is 5.69 Å². The van der Waals surface area contributed by atoms with Gasteiger partial charge in [-0.05, 0) is 110 Å². The lowest BCUT2D eigenvalue weighted by Crippen LogP contribution is -2.12. The van der Waals surface area contributed by atoms with Gasteiger partial charge in [-0.2, -0.15) is 0 Å². The summed E-state index contributed by atoms with van der Waals surface area (Å²) < 4.78 is 8.99. The third-order valence-corrected chi connectivity index (χ3v) is 6.43. The van der Waals surface area contributed by atoms with E-state index >= 15 is 0 Å². The first-order chi connectivity index (χ1) is 13.2. The lowest BCUT2D eigenvalue weighted by atomic mass is 10.2. The number of rotatable bonds is 4. The van der Waals surface area contributed by atoms with E-state index in [9.17, 15) is 9.90 Å². The minimum Gasteiger partial charge on any atom is -0.506 e. The molecule has 4 nitrogen and oxygen atoms in total. The van der Waals surface area contributed by atoms with Crippen molar-refractivity contribution >= 4 is 100 Å². The van der Waals surface area contributed by atoms with Gasteiger partial charge in [-0.15, -0.1) is 0 Å². The smallest absolute Gasteiger partial charge is 0.259 e. The van der Waals surface area contributed by atoms with Crippen molar-refractivity contribution in [3.63, 3.8) is 0 Å². The highest BCUT2D eigenvalue weighted by Gasteiger charge is 2.16. The minimum absolute atomic E-state index is 0.0512. The van der Waals surface area contributed by atoms with Crippen molar-refractivity contribution in [3.8, 4) is 17.2 Å². The highest BCUT2D eigenvalue weighted by Crippen LogP contribution is 2.36. The standard InChI is InChI=1S/C19H10Br2ClI2NO3/c20-9-1-3-16(13(21)5-9)28-17-4-2-11(8-14(17)22)25-19(27)12-6-10(23)7-15(24)18(12)26/h1-8,26H,(H,25,27). The summed E-state index contributed by atoms with van der Waals surface area (Å²) in [5.41, 5.74) is 0.692. The number of carbonyl (C=O) groups excluding carboxylic acids is 1. The molecule has 0 heterocycles. The van der Waals surface area contributed by atoms with E-state index in [0.717, 1.165) is 12.5 Å². The van der Waals surface area contributed by atoms with Gasteiger partial charge in [-0.1, -0.05) is 27.5 Å². The Morgan fingerprint density at radius 1 is 1.04 bits per heavy atom. The van der Waals surface area contributed by atoms with Gasteiger partial charge >= 0.3 is 0 Å². The van der Waals surface area contributed by atoms with Gasteiger partial charge in [0.25, 0.3) is 5.91 Å². The van der Waals surface area contributed by atoms with Crippen molar-refractivity contribution < 1.29 is 14.6 Å². The fourth-order valence-electron chi connectivity index (χ4n) is 2.28. The minimum atomic E-state index is -0.422. The molecule has 9 heteroatoms. The number of anilines is 1. The molecule has 0 aliphatic rings. The number of phenolic OH excluding ortho intramolecular Hbond substituents is 1. The van der Waals surface area contributed by atoms with Crippen LogP contribution in [0.15, 0.2) is 57.5 Å². The third-order valence-electron chi connectivity index (χ3n) is 3.58. The highest BCUT2D eigenvalue weighted by atomic mass is 127. The van der Waals surface area contributed by atoms with Crippen molar-refractivity contribution in [3.05, 3.63) is 75.2 Å². The average molecular weight is 749 g/mol. The van der Waals surface area contributed by atoms with Gasteiger partial charge in [0, 0.05) is 13.7 Å². The Labute approximate surface area is 210 Å². The number of aromatic hydroxyl groups is 1. The second-order valence-electron chi connectivity index (χ2n) is 5.56. The Bertz CT molecular complexity index is 1080. The first-order valence-corrected chi connectivity index (χ1v) is 11.8. The topological polar surface area (TPSA) is 58.6 Å². The molecule has 3 rings (SSSR count). The zero-order chi connectivity index (χ0) is 20.4. The van der Waals surface area contributed by atoms with Crippen molar-refractivity contribution in [1.29, 1.82) is 0 Å². The molecule has 0 fully saturated rings. The molecule has 0 aliphatic heterocycles. The zero-order valence-electron chi connectivity index (χ0n) is 13.8. The van der Waals surface area contributed by atoms with Gasteiger partial charge in [-0.25, -0.2) is 0 Å². The molecular formula is C19H10Br2ClI2NO3. The molecule has 0 saturated heterocycles. The summed E-state index contributed by atoms with van der Waals surface area (Å²) in [4.78, 5) is 12.5. The molecule has 3 aromatic rings. The Balaban J connectivity index is 1.80. The van der Waals surface area contributed by atoms with E-state index in [1.807, 2.05) is 40.8 Å². The summed E-state index contributed by atoms with van der Waals surface area (Å²) in [6.45, 7) is 0. The molecule has 28 heavy (non-hydrogen) atoms. The molecule has 0 spiro atoms. The van der Waals surface area contributed by atoms with Crippen LogP contribution in [0, 0.1) is 7.14 Å². The number of halogens is 5. The maximum Gasteiger partial charge on any atom is 0.259 e. The maximum absolute atomic E-state index is 12.5. The number of nitrogens with one attached hydrogen (secondary N) is 1. The monoisotopic (exact) mass is 747 g/mol. The SMILES string of the molecule is O=C(Nc1ccc(Oc2ccc(Br)cc2Br)c(Cl)c1)c1cc(I)cc(I)c1O. The number of benzene rings is 3. The summed E-state index contributed by atoms with van der Waals surface area (Å²) in [6.07, 6.45) is 0. The van der Waals surface area contributed by atoms with Gasteiger partial charge in [0.05, 0.1) is 18.6 Å². The molecule has 0 radical (unpaired) electrons. The Morgan fingerprint density at radius 3 is 2.43 bits per heavy atom. The second-order valence-corrected chi connectivity index (χ2v) is 10.1. The Hall–Kier alpha value is -0.560. The van der Waals surface area contributed by atoms with E-state index in [0.29, 0.717) is 25.8 Å². The van der Waals surface area contributed by atoms with Crippen LogP contribution >= 0.6 is 88.6 Å². The third kappa shape index (κ3) is 5.32. The summed E-state index contributed by atoms with van der Waals surface area (Å²) in [5, 5.41) is 13.2. The number of carbonyl (C=O) groups is 1. The first-order valence-electron chi connectivity index (χ1n) is 7.66. The summed E-state index contributed by atoms with van der Waals surface area (Å²) in [6, 6.07) is 13.9. The maximum atomic E-state index is 12.5. The van der Waals surface area contributed by atoms with Gasteiger partial charge in [0.15, 0.2) is 0 Å².